The Balaban J connectivity index is 1.94. The Bertz CT molecular complexity index is 653. The van der Waals surface area contributed by atoms with Crippen molar-refractivity contribution < 1.29 is 13.6 Å². The van der Waals surface area contributed by atoms with Crippen LogP contribution >= 0.6 is 11.8 Å². The van der Waals surface area contributed by atoms with Gasteiger partial charge in [-0.1, -0.05) is 6.07 Å². The number of carbonyl (C=O) groups excluding carboxylic acids is 1. The van der Waals surface area contributed by atoms with Crippen LogP contribution in [0.4, 0.5) is 14.5 Å². The molecule has 2 aromatic carbocycles. The van der Waals surface area contributed by atoms with Gasteiger partial charge in [0.2, 0.25) is 5.91 Å². The molecule has 2 nitrogen and oxygen atoms in total. The van der Waals surface area contributed by atoms with Gasteiger partial charge in [-0.3, -0.25) is 4.79 Å². The summed E-state index contributed by atoms with van der Waals surface area (Å²) in [6.45, 7) is 3.91. The fourth-order valence-corrected chi connectivity index (χ4v) is 2.68. The van der Waals surface area contributed by atoms with Crippen LogP contribution in [0, 0.1) is 25.5 Å². The lowest BCUT2D eigenvalue weighted by molar-refractivity contribution is -0.113. The van der Waals surface area contributed by atoms with E-state index in [2.05, 4.69) is 5.32 Å². The van der Waals surface area contributed by atoms with E-state index in [4.69, 9.17) is 0 Å². The molecule has 0 aliphatic carbocycles. The Kier molecular flexibility index (Phi) is 4.96. The maximum absolute atomic E-state index is 13.1. The van der Waals surface area contributed by atoms with Crippen LogP contribution in [0.2, 0.25) is 0 Å². The Labute approximate surface area is 126 Å². The molecule has 21 heavy (non-hydrogen) atoms. The van der Waals surface area contributed by atoms with Gasteiger partial charge >= 0.3 is 0 Å². The van der Waals surface area contributed by atoms with Gasteiger partial charge in [-0.25, -0.2) is 8.78 Å². The number of hydrogen-bond acceptors (Lipinski definition) is 2. The maximum Gasteiger partial charge on any atom is 0.234 e. The fraction of sp³-hybridized carbons (Fsp3) is 0.188. The first-order valence-electron chi connectivity index (χ1n) is 6.40. The van der Waals surface area contributed by atoms with Gasteiger partial charge in [0.15, 0.2) is 11.6 Å². The zero-order chi connectivity index (χ0) is 15.4. The predicted molar refractivity (Wildman–Crippen MR) is 81.6 cm³/mol. The van der Waals surface area contributed by atoms with Gasteiger partial charge in [0.1, 0.15) is 0 Å². The summed E-state index contributed by atoms with van der Waals surface area (Å²) in [4.78, 5) is 12.4. The molecule has 0 aliphatic rings. The normalized spacial score (nSPS) is 10.5. The minimum atomic E-state index is -0.908. The van der Waals surface area contributed by atoms with Crippen molar-refractivity contribution in [2.75, 3.05) is 11.1 Å². The molecule has 0 spiro atoms. The number of anilines is 1. The van der Waals surface area contributed by atoms with E-state index in [1.54, 1.807) is 0 Å². The van der Waals surface area contributed by atoms with Gasteiger partial charge in [-0.05, 0) is 55.3 Å². The van der Waals surface area contributed by atoms with Crippen molar-refractivity contribution in [3.8, 4) is 0 Å². The molecule has 1 N–H and O–H groups in total. The highest BCUT2D eigenvalue weighted by Gasteiger charge is 2.07. The molecule has 0 fully saturated rings. The standard InChI is InChI=1S/C16H15F2NOS/c1-10-5-11(2)7-12(6-10)19-16(20)9-21-13-3-4-14(17)15(18)8-13/h3-8H,9H2,1-2H3,(H,19,20). The smallest absolute Gasteiger partial charge is 0.234 e. The largest absolute Gasteiger partial charge is 0.325 e. The SMILES string of the molecule is Cc1cc(C)cc(NC(=O)CSc2ccc(F)c(F)c2)c1. The van der Waals surface area contributed by atoms with Gasteiger partial charge in [-0.15, -0.1) is 11.8 Å². The number of nitrogens with one attached hydrogen (secondary N) is 1. The Hall–Kier alpha value is -1.88. The maximum atomic E-state index is 13.1. The third-order valence-corrected chi connectivity index (χ3v) is 3.76. The average molecular weight is 307 g/mol. The van der Waals surface area contributed by atoms with Crippen LogP contribution in [0.5, 0.6) is 0 Å². The third-order valence-electron chi connectivity index (χ3n) is 2.77. The van der Waals surface area contributed by atoms with Crippen LogP contribution < -0.4 is 5.32 Å². The summed E-state index contributed by atoms with van der Waals surface area (Å²) in [5.41, 5.74) is 2.88. The predicted octanol–water partition coefficient (Wildman–Crippen LogP) is 4.31. The average Bonchev–Trinajstić information content (AvgIpc) is 2.39. The highest BCUT2D eigenvalue weighted by molar-refractivity contribution is 8.00. The minimum Gasteiger partial charge on any atom is -0.325 e. The van der Waals surface area contributed by atoms with Crippen molar-refractivity contribution in [3.05, 3.63) is 59.2 Å². The molecule has 0 atom stereocenters. The van der Waals surface area contributed by atoms with Gasteiger partial charge in [0.05, 0.1) is 5.75 Å². The van der Waals surface area contributed by atoms with E-state index < -0.39 is 11.6 Å². The molecule has 0 unspecified atom stereocenters. The van der Waals surface area contributed by atoms with Crippen LogP contribution in [-0.2, 0) is 4.79 Å². The van der Waals surface area contributed by atoms with Crippen LogP contribution in [0.25, 0.3) is 0 Å². The number of amides is 1. The molecule has 0 radical (unpaired) electrons. The lowest BCUT2D eigenvalue weighted by atomic mass is 10.1. The van der Waals surface area contributed by atoms with Crippen molar-refractivity contribution >= 4 is 23.4 Å². The van der Waals surface area contributed by atoms with Crippen molar-refractivity contribution in [2.24, 2.45) is 0 Å². The van der Waals surface area contributed by atoms with E-state index in [-0.39, 0.29) is 11.7 Å². The monoisotopic (exact) mass is 307 g/mol. The van der Waals surface area contributed by atoms with Crippen LogP contribution in [0.15, 0.2) is 41.3 Å². The molecule has 0 bridgehead atoms. The molecule has 0 aromatic heterocycles. The lowest BCUT2D eigenvalue weighted by Gasteiger charge is -2.07. The van der Waals surface area contributed by atoms with Crippen molar-refractivity contribution in [2.45, 2.75) is 18.7 Å². The minimum absolute atomic E-state index is 0.137. The van der Waals surface area contributed by atoms with Crippen LogP contribution in [0.3, 0.4) is 0 Å². The van der Waals surface area contributed by atoms with E-state index in [0.717, 1.165) is 40.7 Å². The van der Waals surface area contributed by atoms with E-state index >= 15 is 0 Å². The zero-order valence-corrected chi connectivity index (χ0v) is 12.6. The highest BCUT2D eigenvalue weighted by atomic mass is 32.2. The van der Waals surface area contributed by atoms with Crippen molar-refractivity contribution in [1.82, 2.24) is 0 Å². The second-order valence-electron chi connectivity index (χ2n) is 4.79. The second-order valence-corrected chi connectivity index (χ2v) is 5.84. The van der Waals surface area contributed by atoms with Crippen molar-refractivity contribution in [3.63, 3.8) is 0 Å². The third kappa shape index (κ3) is 4.56. The van der Waals surface area contributed by atoms with E-state index in [1.807, 2.05) is 32.0 Å². The summed E-state index contributed by atoms with van der Waals surface area (Å²) in [6.07, 6.45) is 0. The Morgan fingerprint density at radius 3 is 2.33 bits per heavy atom. The van der Waals surface area contributed by atoms with Gasteiger partial charge < -0.3 is 5.32 Å². The summed E-state index contributed by atoms with van der Waals surface area (Å²) in [5.74, 6) is -1.85. The molecular formula is C16H15F2NOS. The first kappa shape index (κ1) is 15.5. The number of rotatable bonds is 4. The fourth-order valence-electron chi connectivity index (χ4n) is 1.96. The van der Waals surface area contributed by atoms with E-state index in [0.29, 0.717) is 4.90 Å². The van der Waals surface area contributed by atoms with Gasteiger partial charge in [0.25, 0.3) is 0 Å². The molecular weight excluding hydrogens is 292 g/mol. The summed E-state index contributed by atoms with van der Waals surface area (Å²) in [7, 11) is 0. The van der Waals surface area contributed by atoms with Crippen LogP contribution in [-0.4, -0.2) is 11.7 Å². The Morgan fingerprint density at radius 2 is 1.71 bits per heavy atom. The number of benzene rings is 2. The number of thioether (sulfide) groups is 1. The first-order chi connectivity index (χ1) is 9.94. The number of hydrogen-bond donors (Lipinski definition) is 1. The molecule has 1 amide bonds. The molecule has 0 aliphatic heterocycles. The van der Waals surface area contributed by atoms with E-state index in [1.165, 1.54) is 6.07 Å². The molecule has 2 aromatic rings. The topological polar surface area (TPSA) is 29.1 Å². The molecule has 110 valence electrons. The van der Waals surface area contributed by atoms with Crippen LogP contribution in [0.1, 0.15) is 11.1 Å². The molecule has 5 heteroatoms. The lowest BCUT2D eigenvalue weighted by Crippen LogP contribution is -2.14. The first-order valence-corrected chi connectivity index (χ1v) is 7.38. The molecule has 0 heterocycles. The molecule has 0 saturated carbocycles. The Morgan fingerprint density at radius 1 is 1.05 bits per heavy atom. The molecule has 0 saturated heterocycles. The number of carbonyl (C=O) groups is 1. The van der Waals surface area contributed by atoms with E-state index in [9.17, 15) is 13.6 Å². The highest BCUT2D eigenvalue weighted by Crippen LogP contribution is 2.21. The van der Waals surface area contributed by atoms with Crippen molar-refractivity contribution in [1.29, 1.82) is 0 Å². The summed E-state index contributed by atoms with van der Waals surface area (Å²) in [5, 5.41) is 2.79. The quantitative estimate of drug-likeness (QED) is 0.853. The van der Waals surface area contributed by atoms with Gasteiger partial charge in [-0.2, -0.15) is 0 Å². The summed E-state index contributed by atoms with van der Waals surface area (Å²) in [6, 6.07) is 9.38. The zero-order valence-electron chi connectivity index (χ0n) is 11.7. The second kappa shape index (κ2) is 6.72. The number of aryl methyl sites for hydroxylation is 2. The number of halogens is 2. The summed E-state index contributed by atoms with van der Waals surface area (Å²) < 4.78 is 25.8. The molecule has 2 rings (SSSR count). The summed E-state index contributed by atoms with van der Waals surface area (Å²) >= 11 is 1.16. The van der Waals surface area contributed by atoms with Gasteiger partial charge in [0, 0.05) is 10.6 Å².